The third kappa shape index (κ3) is 8.27. The summed E-state index contributed by atoms with van der Waals surface area (Å²) in [6, 6.07) is 27.0. The molecule has 0 unspecified atom stereocenters. The molecule has 0 saturated carbocycles. The Balaban J connectivity index is 1.85. The number of rotatable bonds is 14. The Kier molecular flexibility index (Phi) is 11.3. The van der Waals surface area contributed by atoms with E-state index in [2.05, 4.69) is 5.32 Å². The van der Waals surface area contributed by atoms with E-state index in [1.807, 2.05) is 37.3 Å². The number of carbonyl (C=O) groups is 2. The molecule has 4 rings (SSSR count). The van der Waals surface area contributed by atoms with E-state index in [-0.39, 0.29) is 34.9 Å². The molecule has 0 radical (unpaired) electrons. The predicted molar refractivity (Wildman–Crippen MR) is 173 cm³/mol. The first kappa shape index (κ1) is 33.2. The van der Waals surface area contributed by atoms with E-state index in [1.165, 1.54) is 30.2 Å². The molecule has 45 heavy (non-hydrogen) atoms. The predicted octanol–water partition coefficient (Wildman–Crippen LogP) is 5.50. The van der Waals surface area contributed by atoms with Gasteiger partial charge in [-0.15, -0.1) is 0 Å². The first-order valence-corrected chi connectivity index (χ1v) is 16.2. The summed E-state index contributed by atoms with van der Waals surface area (Å²) >= 11 is 0. The molecule has 8 nitrogen and oxygen atoms in total. The van der Waals surface area contributed by atoms with Gasteiger partial charge in [-0.3, -0.25) is 13.9 Å². The lowest BCUT2D eigenvalue weighted by atomic mass is 10.0. The van der Waals surface area contributed by atoms with E-state index in [1.54, 1.807) is 61.5 Å². The van der Waals surface area contributed by atoms with Crippen molar-refractivity contribution in [2.24, 2.45) is 0 Å². The zero-order chi connectivity index (χ0) is 32.4. The molecule has 0 bridgehead atoms. The van der Waals surface area contributed by atoms with Crippen molar-refractivity contribution in [3.63, 3.8) is 0 Å². The van der Waals surface area contributed by atoms with E-state index >= 15 is 4.39 Å². The Morgan fingerprint density at radius 2 is 1.56 bits per heavy atom. The second kappa shape index (κ2) is 15.3. The number of aryl methyl sites for hydroxylation is 1. The van der Waals surface area contributed by atoms with E-state index in [0.717, 1.165) is 15.4 Å². The molecule has 0 aromatic heterocycles. The molecule has 0 saturated heterocycles. The number of benzene rings is 4. The Labute approximate surface area is 264 Å². The van der Waals surface area contributed by atoms with Crippen LogP contribution in [0.15, 0.2) is 108 Å². The Morgan fingerprint density at radius 1 is 0.911 bits per heavy atom. The SMILES string of the molecule is CCCNC(=O)[C@@H](Cc1ccccc1)N(Cc1ccccc1F)C(=O)CN(c1cc(C)ccc1OC)S(=O)(=O)c1ccccc1. The lowest BCUT2D eigenvalue weighted by Crippen LogP contribution is -2.53. The van der Waals surface area contributed by atoms with Crippen molar-refractivity contribution in [1.82, 2.24) is 10.2 Å². The van der Waals surface area contributed by atoms with Gasteiger partial charge in [0.25, 0.3) is 10.0 Å². The van der Waals surface area contributed by atoms with E-state index in [0.29, 0.717) is 13.0 Å². The highest BCUT2D eigenvalue weighted by molar-refractivity contribution is 7.92. The largest absolute Gasteiger partial charge is 0.495 e. The van der Waals surface area contributed by atoms with Gasteiger partial charge < -0.3 is 15.0 Å². The molecule has 2 amide bonds. The van der Waals surface area contributed by atoms with Gasteiger partial charge in [0.05, 0.1) is 17.7 Å². The van der Waals surface area contributed by atoms with Gasteiger partial charge in [0.2, 0.25) is 11.8 Å². The first-order chi connectivity index (χ1) is 21.6. The zero-order valence-corrected chi connectivity index (χ0v) is 26.5. The monoisotopic (exact) mass is 631 g/mol. The number of carbonyl (C=O) groups excluding carboxylic acids is 2. The second-order valence-corrected chi connectivity index (χ2v) is 12.5. The van der Waals surface area contributed by atoms with Crippen LogP contribution < -0.4 is 14.4 Å². The molecule has 0 aliphatic rings. The maximum Gasteiger partial charge on any atom is 0.264 e. The minimum absolute atomic E-state index is 0.0245. The minimum atomic E-state index is -4.30. The van der Waals surface area contributed by atoms with E-state index < -0.39 is 40.2 Å². The minimum Gasteiger partial charge on any atom is -0.495 e. The number of nitrogens with one attached hydrogen (secondary N) is 1. The fourth-order valence-electron chi connectivity index (χ4n) is 4.96. The third-order valence-electron chi connectivity index (χ3n) is 7.33. The molecular formula is C35H38FN3O5S. The summed E-state index contributed by atoms with van der Waals surface area (Å²) in [5.74, 6) is -1.41. The van der Waals surface area contributed by atoms with Crippen LogP contribution in [0.25, 0.3) is 0 Å². The quantitative estimate of drug-likeness (QED) is 0.198. The van der Waals surface area contributed by atoms with Gasteiger partial charge in [0.15, 0.2) is 0 Å². The molecule has 0 heterocycles. The van der Waals surface area contributed by atoms with Crippen molar-refractivity contribution in [3.05, 3.63) is 126 Å². The van der Waals surface area contributed by atoms with E-state index in [4.69, 9.17) is 4.74 Å². The fraction of sp³-hybridized carbons (Fsp3) is 0.257. The highest BCUT2D eigenvalue weighted by atomic mass is 32.2. The summed E-state index contributed by atoms with van der Waals surface area (Å²) in [5.41, 5.74) is 1.89. The molecule has 0 fully saturated rings. The third-order valence-corrected chi connectivity index (χ3v) is 9.11. The standard InChI is InChI=1S/C35H38FN3O5S/c1-4-21-37-35(41)32(23-27-13-7-5-8-14-27)38(24-28-15-11-12-18-30(28)36)34(40)25-39(31-22-26(2)19-20-33(31)44-3)45(42,43)29-16-9-6-10-17-29/h5-20,22,32H,4,21,23-25H2,1-3H3,(H,37,41)/t32-/m1/s1. The van der Waals surface area contributed by atoms with Gasteiger partial charge in [-0.05, 0) is 54.8 Å². The van der Waals surface area contributed by atoms with Crippen LogP contribution in [0.1, 0.15) is 30.0 Å². The molecule has 1 atom stereocenters. The van der Waals surface area contributed by atoms with Gasteiger partial charge >= 0.3 is 0 Å². The van der Waals surface area contributed by atoms with Crippen molar-refractivity contribution in [2.45, 2.75) is 44.2 Å². The number of ether oxygens (including phenoxy) is 1. The molecule has 236 valence electrons. The van der Waals surface area contributed by atoms with Crippen LogP contribution in [0.4, 0.5) is 10.1 Å². The number of anilines is 1. The average Bonchev–Trinajstić information content (AvgIpc) is 3.05. The van der Waals surface area contributed by atoms with Crippen LogP contribution in [0.5, 0.6) is 5.75 Å². The fourth-order valence-corrected chi connectivity index (χ4v) is 6.40. The number of methoxy groups -OCH3 is 1. The van der Waals surface area contributed by atoms with Gasteiger partial charge in [-0.1, -0.05) is 79.7 Å². The summed E-state index contributed by atoms with van der Waals surface area (Å²) in [7, 11) is -2.88. The van der Waals surface area contributed by atoms with Crippen molar-refractivity contribution in [1.29, 1.82) is 0 Å². The van der Waals surface area contributed by atoms with Gasteiger partial charge in [-0.2, -0.15) is 0 Å². The van der Waals surface area contributed by atoms with Crippen molar-refractivity contribution in [3.8, 4) is 5.75 Å². The second-order valence-electron chi connectivity index (χ2n) is 10.6. The van der Waals surface area contributed by atoms with Crippen LogP contribution in [-0.4, -0.2) is 51.4 Å². The highest BCUT2D eigenvalue weighted by Gasteiger charge is 2.35. The smallest absolute Gasteiger partial charge is 0.264 e. The molecule has 4 aromatic carbocycles. The lowest BCUT2D eigenvalue weighted by molar-refractivity contribution is -0.140. The number of sulfonamides is 1. The van der Waals surface area contributed by atoms with Crippen molar-refractivity contribution < 1.29 is 27.1 Å². The number of amides is 2. The van der Waals surface area contributed by atoms with Crippen LogP contribution in [0.2, 0.25) is 0 Å². The molecule has 10 heteroatoms. The number of nitrogens with zero attached hydrogens (tertiary/aromatic N) is 2. The Hall–Kier alpha value is -4.70. The summed E-state index contributed by atoms with van der Waals surface area (Å²) in [6.45, 7) is 3.16. The van der Waals surface area contributed by atoms with Crippen LogP contribution in [0, 0.1) is 12.7 Å². The molecular weight excluding hydrogens is 593 g/mol. The topological polar surface area (TPSA) is 96.0 Å². The number of hydrogen-bond acceptors (Lipinski definition) is 5. The molecule has 4 aromatic rings. The Morgan fingerprint density at radius 3 is 2.20 bits per heavy atom. The summed E-state index contributed by atoms with van der Waals surface area (Å²) in [6.07, 6.45) is 0.803. The maximum atomic E-state index is 15.0. The van der Waals surface area contributed by atoms with Crippen molar-refractivity contribution in [2.75, 3.05) is 24.5 Å². The highest BCUT2D eigenvalue weighted by Crippen LogP contribution is 2.34. The zero-order valence-electron chi connectivity index (χ0n) is 25.6. The summed E-state index contributed by atoms with van der Waals surface area (Å²) in [5, 5.41) is 2.88. The van der Waals surface area contributed by atoms with Gasteiger partial charge in [0, 0.05) is 25.1 Å². The summed E-state index contributed by atoms with van der Waals surface area (Å²) < 4.78 is 49.9. The van der Waals surface area contributed by atoms with Crippen LogP contribution in [0.3, 0.4) is 0 Å². The number of hydrogen-bond donors (Lipinski definition) is 1. The van der Waals surface area contributed by atoms with Crippen LogP contribution in [-0.2, 0) is 32.6 Å². The molecule has 0 aliphatic carbocycles. The van der Waals surface area contributed by atoms with Crippen LogP contribution >= 0.6 is 0 Å². The van der Waals surface area contributed by atoms with Crippen molar-refractivity contribution >= 4 is 27.5 Å². The normalized spacial score (nSPS) is 11.8. The van der Waals surface area contributed by atoms with E-state index in [9.17, 15) is 18.0 Å². The molecule has 0 aliphatic heterocycles. The lowest BCUT2D eigenvalue weighted by Gasteiger charge is -2.34. The summed E-state index contributed by atoms with van der Waals surface area (Å²) in [4.78, 5) is 29.4. The first-order valence-electron chi connectivity index (χ1n) is 14.7. The number of halogens is 1. The maximum absolute atomic E-state index is 15.0. The van der Waals surface area contributed by atoms with Gasteiger partial charge in [-0.25, -0.2) is 12.8 Å². The molecule has 0 spiro atoms. The Bertz CT molecular complexity index is 1700. The average molecular weight is 632 g/mol. The van der Waals surface area contributed by atoms with Gasteiger partial charge in [0.1, 0.15) is 24.2 Å². The molecule has 1 N–H and O–H groups in total.